The van der Waals surface area contributed by atoms with E-state index >= 15 is 0 Å². The van der Waals surface area contributed by atoms with Crippen LogP contribution >= 0.6 is 0 Å². The van der Waals surface area contributed by atoms with Crippen molar-refractivity contribution in [3.8, 4) is 0 Å². The van der Waals surface area contributed by atoms with Gasteiger partial charge in [0.2, 0.25) is 0 Å². The topological polar surface area (TPSA) is 40.5 Å². The average molecular weight is 269 g/mol. The minimum absolute atomic E-state index is 0. The molecule has 0 aliphatic heterocycles. The monoisotopic (exact) mass is 270 g/mol. The van der Waals surface area contributed by atoms with Crippen LogP contribution in [0.5, 0.6) is 0 Å². The second-order valence-corrected chi connectivity index (χ2v) is 3.74. The van der Waals surface area contributed by atoms with Crippen molar-refractivity contribution in [1.82, 2.24) is 0 Å². The first-order valence-corrected chi connectivity index (χ1v) is 5.63. The molecule has 3 heteroatoms. The summed E-state index contributed by atoms with van der Waals surface area (Å²) in [4.78, 5) is 0. The van der Waals surface area contributed by atoms with E-state index < -0.39 is 6.29 Å². The zero-order valence-corrected chi connectivity index (χ0v) is 11.4. The summed E-state index contributed by atoms with van der Waals surface area (Å²) in [6.45, 7) is 2.22. The molecule has 0 aliphatic carbocycles. The Morgan fingerprint density at radius 1 is 0.786 bits per heavy atom. The third-order valence-electron chi connectivity index (χ3n) is 2.32. The van der Waals surface area contributed by atoms with Gasteiger partial charge in [0.1, 0.15) is 0 Å². The van der Waals surface area contributed by atoms with Gasteiger partial charge in [-0.1, -0.05) is 51.9 Å². The summed E-state index contributed by atoms with van der Waals surface area (Å²) in [5, 5.41) is 17.2. The molecular formula is C11H26O2Se. The van der Waals surface area contributed by atoms with Crippen molar-refractivity contribution in [2.45, 2.75) is 71.0 Å². The van der Waals surface area contributed by atoms with Gasteiger partial charge in [-0.25, -0.2) is 0 Å². The van der Waals surface area contributed by atoms with Gasteiger partial charge in [0.15, 0.2) is 6.29 Å². The van der Waals surface area contributed by atoms with Crippen LogP contribution in [0.25, 0.3) is 0 Å². The standard InChI is InChI=1S/C11H24O2.H2Se/c1-2-3-4-5-6-7-8-9-10-11(12)13;/h11-13H,2-10H2,1H3;1H2. The van der Waals surface area contributed by atoms with Crippen molar-refractivity contribution in [3.63, 3.8) is 0 Å². The van der Waals surface area contributed by atoms with Gasteiger partial charge < -0.3 is 10.2 Å². The van der Waals surface area contributed by atoms with Crippen molar-refractivity contribution >= 4 is 17.1 Å². The summed E-state index contributed by atoms with van der Waals surface area (Å²) in [5.74, 6) is 0. The third-order valence-corrected chi connectivity index (χ3v) is 2.32. The summed E-state index contributed by atoms with van der Waals surface area (Å²) in [6.07, 6.45) is 9.45. The number of aliphatic hydroxyl groups excluding tert-OH is 1. The molecule has 0 aromatic carbocycles. The van der Waals surface area contributed by atoms with Crippen molar-refractivity contribution in [2.75, 3.05) is 0 Å². The first-order valence-electron chi connectivity index (χ1n) is 5.63. The Hall–Kier alpha value is 0.439. The summed E-state index contributed by atoms with van der Waals surface area (Å²) < 4.78 is 0. The van der Waals surface area contributed by atoms with Gasteiger partial charge in [-0.05, 0) is 12.8 Å². The van der Waals surface area contributed by atoms with E-state index in [-0.39, 0.29) is 17.1 Å². The minimum atomic E-state index is -1.10. The maximum absolute atomic E-state index is 8.58. The molecule has 0 spiro atoms. The zero-order chi connectivity index (χ0) is 9.94. The Morgan fingerprint density at radius 2 is 1.21 bits per heavy atom. The molecule has 0 aliphatic rings. The van der Waals surface area contributed by atoms with Crippen LogP contribution < -0.4 is 0 Å². The molecule has 0 unspecified atom stereocenters. The van der Waals surface area contributed by atoms with Crippen LogP contribution in [-0.4, -0.2) is 33.6 Å². The Labute approximate surface area is 98.6 Å². The van der Waals surface area contributed by atoms with Crippen molar-refractivity contribution in [3.05, 3.63) is 0 Å². The van der Waals surface area contributed by atoms with E-state index in [0.717, 1.165) is 12.8 Å². The number of unbranched alkanes of at least 4 members (excludes halogenated alkanes) is 7. The van der Waals surface area contributed by atoms with Gasteiger partial charge in [0, 0.05) is 0 Å². The zero-order valence-electron chi connectivity index (χ0n) is 9.34. The summed E-state index contributed by atoms with van der Waals surface area (Å²) in [6, 6.07) is 0. The summed E-state index contributed by atoms with van der Waals surface area (Å²) in [7, 11) is 0. The molecular weight excluding hydrogens is 243 g/mol. The van der Waals surface area contributed by atoms with Gasteiger partial charge in [-0.2, -0.15) is 0 Å². The Morgan fingerprint density at radius 3 is 1.64 bits per heavy atom. The fourth-order valence-corrected chi connectivity index (χ4v) is 1.46. The van der Waals surface area contributed by atoms with Gasteiger partial charge in [-0.3, -0.25) is 0 Å². The number of aliphatic hydroxyl groups is 2. The normalized spacial score (nSPS) is 10.3. The second kappa shape index (κ2) is 13.4. The molecule has 0 amide bonds. The number of hydrogen-bond donors (Lipinski definition) is 2. The fraction of sp³-hybridized carbons (Fsp3) is 1.00. The molecule has 0 rings (SSSR count). The van der Waals surface area contributed by atoms with Crippen LogP contribution in [0.1, 0.15) is 64.7 Å². The van der Waals surface area contributed by atoms with E-state index in [1.54, 1.807) is 0 Å². The molecule has 0 atom stereocenters. The van der Waals surface area contributed by atoms with Gasteiger partial charge in [-0.15, -0.1) is 0 Å². The van der Waals surface area contributed by atoms with E-state index in [1.165, 1.54) is 38.5 Å². The van der Waals surface area contributed by atoms with Crippen LogP contribution in [0, 0.1) is 0 Å². The SMILES string of the molecule is CCCCCCCCCCC(O)O.[SeH2]. The van der Waals surface area contributed by atoms with Crippen molar-refractivity contribution in [2.24, 2.45) is 0 Å². The maximum atomic E-state index is 8.58. The summed E-state index contributed by atoms with van der Waals surface area (Å²) in [5.41, 5.74) is 0. The van der Waals surface area contributed by atoms with Crippen LogP contribution in [-0.2, 0) is 0 Å². The molecule has 0 bridgehead atoms. The molecule has 0 aromatic rings. The molecule has 2 N–H and O–H groups in total. The quantitative estimate of drug-likeness (QED) is 0.381. The predicted octanol–water partition coefficient (Wildman–Crippen LogP) is 1.91. The Bertz CT molecular complexity index is 97.3. The van der Waals surface area contributed by atoms with Crippen LogP contribution in [0.3, 0.4) is 0 Å². The first kappa shape index (κ1) is 16.9. The summed E-state index contributed by atoms with van der Waals surface area (Å²) >= 11 is 0. The molecule has 0 fully saturated rings. The van der Waals surface area contributed by atoms with Crippen LogP contribution in [0.15, 0.2) is 0 Å². The Balaban J connectivity index is 0. The molecule has 0 heterocycles. The van der Waals surface area contributed by atoms with E-state index in [9.17, 15) is 0 Å². The molecule has 0 saturated carbocycles. The fourth-order valence-electron chi connectivity index (χ4n) is 1.46. The van der Waals surface area contributed by atoms with Gasteiger partial charge in [0.25, 0.3) is 0 Å². The van der Waals surface area contributed by atoms with E-state index in [0.29, 0.717) is 6.42 Å². The molecule has 14 heavy (non-hydrogen) atoms. The number of hydrogen-bond acceptors (Lipinski definition) is 2. The Kier molecular flexibility index (Phi) is 16.2. The molecule has 2 nitrogen and oxygen atoms in total. The van der Waals surface area contributed by atoms with Crippen molar-refractivity contribution in [1.29, 1.82) is 0 Å². The van der Waals surface area contributed by atoms with Gasteiger partial charge in [0.05, 0.1) is 0 Å². The van der Waals surface area contributed by atoms with Gasteiger partial charge >= 0.3 is 17.1 Å². The molecule has 0 radical (unpaired) electrons. The average Bonchev–Trinajstić information content (AvgIpc) is 2.09. The third kappa shape index (κ3) is 14.9. The first-order chi connectivity index (χ1) is 6.27. The van der Waals surface area contributed by atoms with E-state index in [4.69, 9.17) is 10.2 Å². The molecule has 88 valence electrons. The predicted molar refractivity (Wildman–Crippen MR) is 64.0 cm³/mol. The number of rotatable bonds is 9. The molecule has 0 saturated heterocycles. The second-order valence-electron chi connectivity index (χ2n) is 3.74. The van der Waals surface area contributed by atoms with E-state index in [1.807, 2.05) is 0 Å². The molecule has 0 aromatic heterocycles. The van der Waals surface area contributed by atoms with E-state index in [2.05, 4.69) is 6.92 Å². The van der Waals surface area contributed by atoms with Crippen LogP contribution in [0.4, 0.5) is 0 Å². The van der Waals surface area contributed by atoms with Crippen LogP contribution in [0.2, 0.25) is 0 Å². The van der Waals surface area contributed by atoms with Crippen molar-refractivity contribution < 1.29 is 10.2 Å².